The molecule has 2 fully saturated rings. The van der Waals surface area contributed by atoms with Crippen molar-refractivity contribution in [2.24, 2.45) is 5.41 Å². The third-order valence-corrected chi connectivity index (χ3v) is 6.93. The fourth-order valence-corrected chi connectivity index (χ4v) is 5.12. The second kappa shape index (κ2) is 19.6. The molecule has 0 aromatic rings. The lowest BCUT2D eigenvalue weighted by Gasteiger charge is -2.41. The lowest BCUT2D eigenvalue weighted by atomic mass is 9.93. The summed E-state index contributed by atoms with van der Waals surface area (Å²) in [5.74, 6) is 0. The first-order valence-electron chi connectivity index (χ1n) is 12.0. The molecular weight excluding hydrogens is 474 g/mol. The Morgan fingerprint density at radius 1 is 0.515 bits per heavy atom. The lowest BCUT2D eigenvalue weighted by molar-refractivity contribution is -0.0787. The van der Waals surface area contributed by atoms with E-state index in [9.17, 15) is 0 Å². The summed E-state index contributed by atoms with van der Waals surface area (Å²) in [6, 6.07) is 0. The van der Waals surface area contributed by atoms with E-state index in [0.717, 1.165) is 38.9 Å². The molecule has 2 saturated heterocycles. The highest BCUT2D eigenvalue weighted by Crippen LogP contribution is 2.52. The zero-order valence-corrected chi connectivity index (χ0v) is 22.0. The van der Waals surface area contributed by atoms with Gasteiger partial charge in [-0.05, 0) is 12.8 Å². The van der Waals surface area contributed by atoms with Gasteiger partial charge in [0.1, 0.15) is 0 Å². The molecule has 0 saturated carbocycles. The summed E-state index contributed by atoms with van der Waals surface area (Å²) in [5, 5.41) is 0. The molecule has 0 bridgehead atoms. The van der Waals surface area contributed by atoms with Gasteiger partial charge in [-0.2, -0.15) is 0 Å². The predicted molar refractivity (Wildman–Crippen MR) is 125 cm³/mol. The van der Waals surface area contributed by atoms with Crippen LogP contribution in [-0.4, -0.2) is 92.5 Å². The van der Waals surface area contributed by atoms with Crippen LogP contribution in [0.25, 0.3) is 0 Å². The molecule has 10 nitrogen and oxygen atoms in total. The second-order valence-electron chi connectivity index (χ2n) is 7.86. The minimum Gasteiger partial charge on any atom is -0.379 e. The first-order chi connectivity index (χ1) is 16.3. The fraction of sp³-hybridized carbons (Fsp3) is 1.00. The Balaban J connectivity index is 1.41. The molecule has 0 aromatic carbocycles. The molecule has 1 spiro atoms. The predicted octanol–water partition coefficient (Wildman–Crippen LogP) is 4.22. The van der Waals surface area contributed by atoms with E-state index in [2.05, 4.69) is 13.8 Å². The topological polar surface area (TPSA) is 92.3 Å². The summed E-state index contributed by atoms with van der Waals surface area (Å²) >= 11 is 0. The van der Waals surface area contributed by atoms with E-state index in [0.29, 0.717) is 79.3 Å². The standard InChI is InChI=1S/C21H42O10P2/c1-3-5-7-22-9-11-24-13-15-26-32-28-17-21(18-29-32)19-30-33(31-20-21)27-16-14-25-12-10-23-8-6-4-2/h3-20H2,1-2H3. The molecule has 0 N–H and O–H groups in total. The highest BCUT2D eigenvalue weighted by molar-refractivity contribution is 7.42. The number of ether oxygens (including phenoxy) is 4. The van der Waals surface area contributed by atoms with Gasteiger partial charge in [0.05, 0.1) is 84.7 Å². The maximum Gasteiger partial charge on any atom is 0.332 e. The van der Waals surface area contributed by atoms with Gasteiger partial charge in [0.15, 0.2) is 0 Å². The van der Waals surface area contributed by atoms with Gasteiger partial charge in [-0.1, -0.05) is 26.7 Å². The molecule has 0 radical (unpaired) electrons. The molecule has 2 aliphatic rings. The SMILES string of the molecule is CCCCOCCOCCOP1OCC2(CO1)COP(OCCOCCOCCCC)OC2. The molecule has 0 aliphatic carbocycles. The molecule has 2 heterocycles. The largest absolute Gasteiger partial charge is 0.379 e. The van der Waals surface area contributed by atoms with Crippen LogP contribution in [0.3, 0.4) is 0 Å². The van der Waals surface area contributed by atoms with Crippen molar-refractivity contribution in [2.75, 3.05) is 92.5 Å². The highest BCUT2D eigenvalue weighted by atomic mass is 31.2. The molecule has 2 aliphatic heterocycles. The minimum atomic E-state index is -1.36. The van der Waals surface area contributed by atoms with E-state index in [1.165, 1.54) is 0 Å². The average molecular weight is 517 g/mol. The monoisotopic (exact) mass is 516 g/mol. The Hall–Kier alpha value is 0.460. The van der Waals surface area contributed by atoms with E-state index < -0.39 is 17.2 Å². The summed E-state index contributed by atoms with van der Waals surface area (Å²) in [7, 11) is -2.72. The molecule has 196 valence electrons. The van der Waals surface area contributed by atoms with Gasteiger partial charge in [-0.25, -0.2) is 0 Å². The van der Waals surface area contributed by atoms with Gasteiger partial charge in [-0.3, -0.25) is 0 Å². The van der Waals surface area contributed by atoms with Crippen LogP contribution in [0.2, 0.25) is 0 Å². The maximum atomic E-state index is 5.75. The van der Waals surface area contributed by atoms with Crippen LogP contribution in [0, 0.1) is 5.41 Å². The van der Waals surface area contributed by atoms with Crippen LogP contribution < -0.4 is 0 Å². The van der Waals surface area contributed by atoms with E-state index in [1.54, 1.807) is 0 Å². The van der Waals surface area contributed by atoms with Crippen molar-refractivity contribution < 1.29 is 46.1 Å². The third-order valence-electron chi connectivity index (χ3n) is 4.78. The van der Waals surface area contributed by atoms with Crippen molar-refractivity contribution in [1.29, 1.82) is 0 Å². The van der Waals surface area contributed by atoms with Gasteiger partial charge in [0, 0.05) is 13.2 Å². The van der Waals surface area contributed by atoms with Crippen molar-refractivity contribution in [3.05, 3.63) is 0 Å². The smallest absolute Gasteiger partial charge is 0.332 e. The minimum absolute atomic E-state index is 0.316. The van der Waals surface area contributed by atoms with Crippen molar-refractivity contribution in [1.82, 2.24) is 0 Å². The first kappa shape index (κ1) is 29.7. The van der Waals surface area contributed by atoms with E-state index in [-0.39, 0.29) is 5.41 Å². The average Bonchev–Trinajstić information content (AvgIpc) is 2.84. The summed E-state index contributed by atoms with van der Waals surface area (Å²) in [6.07, 6.45) is 4.44. The number of rotatable bonds is 20. The fourth-order valence-electron chi connectivity index (χ4n) is 2.71. The summed E-state index contributed by atoms with van der Waals surface area (Å²) in [5.41, 5.74) is -0.316. The Morgan fingerprint density at radius 3 is 1.21 bits per heavy atom. The Morgan fingerprint density at radius 2 is 0.848 bits per heavy atom. The van der Waals surface area contributed by atoms with Crippen molar-refractivity contribution >= 4 is 17.2 Å². The molecule has 0 aromatic heterocycles. The van der Waals surface area contributed by atoms with Gasteiger partial charge in [0.25, 0.3) is 0 Å². The van der Waals surface area contributed by atoms with Crippen LogP contribution in [-0.2, 0) is 46.1 Å². The van der Waals surface area contributed by atoms with Gasteiger partial charge in [0.2, 0.25) is 0 Å². The molecule has 0 amide bonds. The Labute approximate surface area is 201 Å². The van der Waals surface area contributed by atoms with Crippen molar-refractivity contribution in [2.45, 2.75) is 39.5 Å². The second-order valence-corrected chi connectivity index (χ2v) is 10.3. The highest BCUT2D eigenvalue weighted by Gasteiger charge is 2.43. The molecule has 12 heteroatoms. The van der Waals surface area contributed by atoms with Crippen LogP contribution in [0.15, 0.2) is 0 Å². The maximum absolute atomic E-state index is 5.75. The molecule has 0 unspecified atom stereocenters. The summed E-state index contributed by atoms with van der Waals surface area (Å²) in [4.78, 5) is 0. The Bertz CT molecular complexity index is 403. The molecule has 0 atom stereocenters. The van der Waals surface area contributed by atoms with E-state index >= 15 is 0 Å². The molecule has 33 heavy (non-hydrogen) atoms. The van der Waals surface area contributed by atoms with Gasteiger partial charge >= 0.3 is 17.2 Å². The number of hydrogen-bond donors (Lipinski definition) is 0. The van der Waals surface area contributed by atoms with Crippen LogP contribution in [0.4, 0.5) is 0 Å². The summed E-state index contributed by atoms with van der Waals surface area (Å²) < 4.78 is 56.1. The van der Waals surface area contributed by atoms with Crippen LogP contribution >= 0.6 is 17.2 Å². The third kappa shape index (κ3) is 14.0. The zero-order valence-electron chi connectivity index (χ0n) is 20.2. The van der Waals surface area contributed by atoms with E-state index in [1.807, 2.05) is 0 Å². The zero-order chi connectivity index (χ0) is 23.5. The molecule has 2 rings (SSSR count). The van der Waals surface area contributed by atoms with Crippen LogP contribution in [0.1, 0.15) is 39.5 Å². The van der Waals surface area contributed by atoms with Crippen molar-refractivity contribution in [3.63, 3.8) is 0 Å². The van der Waals surface area contributed by atoms with Gasteiger partial charge in [-0.15, -0.1) is 0 Å². The Kier molecular flexibility index (Phi) is 17.7. The van der Waals surface area contributed by atoms with Crippen molar-refractivity contribution in [3.8, 4) is 0 Å². The van der Waals surface area contributed by atoms with Gasteiger partial charge < -0.3 is 46.1 Å². The normalized spacial score (nSPS) is 25.6. The molecular formula is C21H42O10P2. The quantitative estimate of drug-likeness (QED) is 0.173. The summed E-state index contributed by atoms with van der Waals surface area (Å²) in [6.45, 7) is 11.9. The number of unbranched alkanes of at least 4 members (excludes halogenated alkanes) is 2. The van der Waals surface area contributed by atoms with Crippen LogP contribution in [0.5, 0.6) is 0 Å². The van der Waals surface area contributed by atoms with E-state index in [4.69, 9.17) is 46.1 Å². The number of hydrogen-bond acceptors (Lipinski definition) is 10. The first-order valence-corrected chi connectivity index (χ1v) is 14.2. The lowest BCUT2D eigenvalue weighted by Crippen LogP contribution is -2.44.